The van der Waals surface area contributed by atoms with Crippen LogP contribution in [0.1, 0.15) is 21.5 Å². The number of quaternary nitrogens is 1. The van der Waals surface area contributed by atoms with Crippen LogP contribution in [-0.4, -0.2) is 46.3 Å². The Morgan fingerprint density at radius 1 is 1.07 bits per heavy atom. The van der Waals surface area contributed by atoms with Gasteiger partial charge in [0.15, 0.2) is 23.0 Å². The fraction of sp³-hybridized carbons (Fsp3) is 0.286. The summed E-state index contributed by atoms with van der Waals surface area (Å²) in [6.45, 7) is 0.528. The van der Waals surface area contributed by atoms with Crippen molar-refractivity contribution in [1.82, 2.24) is 0 Å². The van der Waals surface area contributed by atoms with Crippen LogP contribution in [0.15, 0.2) is 30.0 Å². The van der Waals surface area contributed by atoms with Gasteiger partial charge in [0.2, 0.25) is 11.5 Å². The summed E-state index contributed by atoms with van der Waals surface area (Å²) in [5, 5.41) is 10.2. The largest absolute Gasteiger partial charge is 0.507 e. The molecule has 1 aliphatic rings. The Labute approximate surface area is 163 Å². The lowest BCUT2D eigenvalue weighted by molar-refractivity contribution is -0.872. The Balaban J connectivity index is 2.04. The van der Waals surface area contributed by atoms with E-state index in [9.17, 15) is 9.90 Å². The second-order valence-electron chi connectivity index (χ2n) is 6.72. The fourth-order valence-electron chi connectivity index (χ4n) is 3.16. The number of carbonyl (C=O) groups is 1. The molecule has 7 heteroatoms. The normalized spacial score (nSPS) is 14.2. The zero-order valence-corrected chi connectivity index (χ0v) is 16.6. The maximum atomic E-state index is 12.8. The van der Waals surface area contributed by atoms with Crippen molar-refractivity contribution in [2.75, 3.05) is 35.4 Å². The topological polar surface area (TPSA) is 78.7 Å². The van der Waals surface area contributed by atoms with E-state index in [1.54, 1.807) is 24.3 Å². The lowest BCUT2D eigenvalue weighted by Crippen LogP contribution is -3.04. The van der Waals surface area contributed by atoms with Gasteiger partial charge < -0.3 is 29.0 Å². The quantitative estimate of drug-likeness (QED) is 0.736. The van der Waals surface area contributed by atoms with Gasteiger partial charge in [-0.2, -0.15) is 0 Å². The third kappa shape index (κ3) is 3.48. The lowest BCUT2D eigenvalue weighted by Gasteiger charge is -2.13. The number of ketones is 1. The number of allylic oxidation sites excluding steroid dienone is 1. The molecule has 0 amide bonds. The first-order valence-corrected chi connectivity index (χ1v) is 8.77. The lowest BCUT2D eigenvalue weighted by atomic mass is 10.0. The Hall–Kier alpha value is -3.19. The number of carbonyl (C=O) groups excluding carboxylic acids is 1. The van der Waals surface area contributed by atoms with Crippen LogP contribution in [-0.2, 0) is 6.54 Å². The van der Waals surface area contributed by atoms with Gasteiger partial charge in [0.05, 0.1) is 46.6 Å². The van der Waals surface area contributed by atoms with Gasteiger partial charge in [0, 0.05) is 0 Å². The average Bonchev–Trinajstić information content (AvgIpc) is 2.98. The Morgan fingerprint density at radius 2 is 1.71 bits per heavy atom. The number of hydrogen-bond donors (Lipinski definition) is 2. The molecule has 0 bridgehead atoms. The zero-order chi connectivity index (χ0) is 20.4. The van der Waals surface area contributed by atoms with Crippen molar-refractivity contribution in [3.05, 3.63) is 46.7 Å². The Bertz CT molecular complexity index is 923. The van der Waals surface area contributed by atoms with Crippen molar-refractivity contribution in [1.29, 1.82) is 0 Å². The molecule has 148 valence electrons. The highest BCUT2D eigenvalue weighted by molar-refractivity contribution is 6.15. The molecule has 1 heterocycles. The van der Waals surface area contributed by atoms with Gasteiger partial charge in [-0.15, -0.1) is 0 Å². The number of rotatable bonds is 6. The van der Waals surface area contributed by atoms with E-state index in [-0.39, 0.29) is 17.3 Å². The number of fused-ring (bicyclic) bond motifs is 1. The highest BCUT2D eigenvalue weighted by Crippen LogP contribution is 2.41. The number of aromatic hydroxyl groups is 1. The molecule has 0 saturated carbocycles. The maximum absolute atomic E-state index is 12.8. The van der Waals surface area contributed by atoms with E-state index < -0.39 is 0 Å². The van der Waals surface area contributed by atoms with Gasteiger partial charge in [-0.3, -0.25) is 4.79 Å². The SMILES string of the molecule is COc1cc(C=C2Oc3c(ccc(O)c3C[NH+](C)C)C2=O)cc(OC)c1OC. The predicted molar refractivity (Wildman–Crippen MR) is 104 cm³/mol. The summed E-state index contributed by atoms with van der Waals surface area (Å²) in [6.07, 6.45) is 1.62. The molecule has 2 aromatic carbocycles. The molecular formula is C21H24NO6+. The summed E-state index contributed by atoms with van der Waals surface area (Å²) in [5.41, 5.74) is 1.71. The van der Waals surface area contributed by atoms with Crippen LogP contribution in [0.4, 0.5) is 0 Å². The van der Waals surface area contributed by atoms with Crippen molar-refractivity contribution < 1.29 is 33.7 Å². The third-order valence-corrected chi connectivity index (χ3v) is 4.43. The molecule has 0 aromatic heterocycles. The van der Waals surface area contributed by atoms with Crippen LogP contribution in [0.5, 0.6) is 28.7 Å². The van der Waals surface area contributed by atoms with Crippen LogP contribution in [0.25, 0.3) is 6.08 Å². The number of nitrogens with one attached hydrogen (secondary N) is 1. The standard InChI is InChI=1S/C21H23NO6/c1-22(2)11-14-15(23)7-6-13-19(24)16(28-20(13)14)8-12-9-17(25-3)21(27-5)18(10-12)26-4/h6-10,23H,11H2,1-5H3/p+1. The summed E-state index contributed by atoms with van der Waals surface area (Å²) in [5.74, 6) is 1.88. The number of methoxy groups -OCH3 is 3. The molecule has 0 radical (unpaired) electrons. The van der Waals surface area contributed by atoms with Gasteiger partial charge in [0.25, 0.3) is 0 Å². The molecule has 0 aliphatic carbocycles. The summed E-state index contributed by atoms with van der Waals surface area (Å²) >= 11 is 0. The van der Waals surface area contributed by atoms with E-state index in [0.29, 0.717) is 46.2 Å². The molecule has 0 atom stereocenters. The number of hydrogen-bond acceptors (Lipinski definition) is 6. The van der Waals surface area contributed by atoms with Crippen molar-refractivity contribution in [3.8, 4) is 28.7 Å². The number of phenols is 1. The first-order valence-electron chi connectivity index (χ1n) is 8.77. The van der Waals surface area contributed by atoms with Crippen molar-refractivity contribution in [2.24, 2.45) is 0 Å². The minimum Gasteiger partial charge on any atom is -0.507 e. The molecule has 3 rings (SSSR count). The predicted octanol–water partition coefficient (Wildman–Crippen LogP) is 1.68. The third-order valence-electron chi connectivity index (χ3n) is 4.43. The number of Topliss-reactive ketones (excluding diaryl/α,β-unsaturated/α-hetero) is 1. The van der Waals surface area contributed by atoms with E-state index in [4.69, 9.17) is 18.9 Å². The minimum absolute atomic E-state index is 0.113. The molecule has 0 unspecified atom stereocenters. The van der Waals surface area contributed by atoms with Gasteiger partial charge in [-0.25, -0.2) is 0 Å². The average molecular weight is 386 g/mol. The molecule has 7 nitrogen and oxygen atoms in total. The Morgan fingerprint density at radius 3 is 2.25 bits per heavy atom. The molecule has 2 N–H and O–H groups in total. The molecule has 0 saturated heterocycles. The monoisotopic (exact) mass is 386 g/mol. The molecule has 28 heavy (non-hydrogen) atoms. The summed E-state index contributed by atoms with van der Waals surface area (Å²) in [7, 11) is 8.50. The molecule has 1 aliphatic heterocycles. The first-order chi connectivity index (χ1) is 13.4. The fourth-order valence-corrected chi connectivity index (χ4v) is 3.16. The van der Waals surface area contributed by atoms with Crippen molar-refractivity contribution in [3.63, 3.8) is 0 Å². The molecule has 0 spiro atoms. The van der Waals surface area contributed by atoms with Crippen molar-refractivity contribution >= 4 is 11.9 Å². The van der Waals surface area contributed by atoms with Crippen LogP contribution in [0, 0.1) is 0 Å². The van der Waals surface area contributed by atoms with Crippen LogP contribution < -0.4 is 23.8 Å². The molecule has 2 aromatic rings. The number of phenolic OH excluding ortho intramolecular Hbond substituents is 1. The second-order valence-corrected chi connectivity index (χ2v) is 6.72. The van der Waals surface area contributed by atoms with E-state index in [1.807, 2.05) is 14.1 Å². The summed E-state index contributed by atoms with van der Waals surface area (Å²) < 4.78 is 21.9. The van der Waals surface area contributed by atoms with Gasteiger partial charge in [0.1, 0.15) is 12.3 Å². The van der Waals surface area contributed by atoms with Gasteiger partial charge in [-0.05, 0) is 35.9 Å². The van der Waals surface area contributed by atoms with Crippen molar-refractivity contribution in [2.45, 2.75) is 6.54 Å². The molecular weight excluding hydrogens is 362 g/mol. The van der Waals surface area contributed by atoms with Crippen LogP contribution in [0.2, 0.25) is 0 Å². The van der Waals surface area contributed by atoms with Crippen LogP contribution in [0.3, 0.4) is 0 Å². The van der Waals surface area contributed by atoms with E-state index in [2.05, 4.69) is 0 Å². The van der Waals surface area contributed by atoms with Gasteiger partial charge >= 0.3 is 0 Å². The molecule has 0 fully saturated rings. The van der Waals surface area contributed by atoms with E-state index >= 15 is 0 Å². The van der Waals surface area contributed by atoms with Crippen LogP contribution >= 0.6 is 0 Å². The summed E-state index contributed by atoms with van der Waals surface area (Å²) in [6, 6.07) is 6.57. The number of benzene rings is 2. The van der Waals surface area contributed by atoms with E-state index in [0.717, 1.165) is 4.90 Å². The summed E-state index contributed by atoms with van der Waals surface area (Å²) in [4.78, 5) is 13.9. The van der Waals surface area contributed by atoms with Gasteiger partial charge in [-0.1, -0.05) is 0 Å². The maximum Gasteiger partial charge on any atom is 0.231 e. The zero-order valence-electron chi connectivity index (χ0n) is 16.6. The minimum atomic E-state index is -0.237. The highest BCUT2D eigenvalue weighted by Gasteiger charge is 2.32. The highest BCUT2D eigenvalue weighted by atomic mass is 16.5. The first kappa shape index (κ1) is 19.6. The smallest absolute Gasteiger partial charge is 0.231 e. The number of ether oxygens (including phenoxy) is 4. The van der Waals surface area contributed by atoms with E-state index in [1.165, 1.54) is 27.4 Å². The Kier molecular flexibility index (Phi) is 5.46. The second kappa shape index (κ2) is 7.82.